The summed E-state index contributed by atoms with van der Waals surface area (Å²) in [6.45, 7) is 8.60. The van der Waals surface area contributed by atoms with Crippen LogP contribution in [0.3, 0.4) is 0 Å². The van der Waals surface area contributed by atoms with Crippen molar-refractivity contribution in [2.24, 2.45) is 5.41 Å². The molecule has 1 saturated heterocycles. The lowest BCUT2D eigenvalue weighted by Crippen LogP contribution is -2.51. The van der Waals surface area contributed by atoms with Crippen molar-refractivity contribution in [3.8, 4) is 0 Å². The van der Waals surface area contributed by atoms with E-state index in [-0.39, 0.29) is 17.2 Å². The number of carbonyl (C=O) groups is 2. The van der Waals surface area contributed by atoms with Gasteiger partial charge in [0.25, 0.3) is 5.91 Å². The molecule has 0 N–H and O–H groups in total. The minimum Gasteiger partial charge on any atom is -0.339 e. The van der Waals surface area contributed by atoms with E-state index in [1.165, 1.54) is 11.3 Å². The summed E-state index contributed by atoms with van der Waals surface area (Å²) in [5, 5.41) is 1.76. The summed E-state index contributed by atoms with van der Waals surface area (Å²) in [4.78, 5) is 31.9. The fourth-order valence-corrected chi connectivity index (χ4v) is 2.73. The van der Waals surface area contributed by atoms with Crippen LogP contribution in [-0.4, -0.2) is 52.8 Å². The van der Waals surface area contributed by atoms with Crippen LogP contribution in [0.25, 0.3) is 0 Å². The van der Waals surface area contributed by atoms with Crippen molar-refractivity contribution in [1.29, 1.82) is 0 Å². The highest BCUT2D eigenvalue weighted by molar-refractivity contribution is 7.07. The second kappa shape index (κ2) is 5.91. The SMILES string of the molecule is CC(C)(C)CC(=O)N1CCN(C(=O)c2cscn2)CC1. The topological polar surface area (TPSA) is 53.5 Å². The van der Waals surface area contributed by atoms with Crippen LogP contribution < -0.4 is 0 Å². The molecule has 0 bridgehead atoms. The van der Waals surface area contributed by atoms with Gasteiger partial charge in [-0.15, -0.1) is 11.3 Å². The van der Waals surface area contributed by atoms with Crippen molar-refractivity contribution >= 4 is 23.2 Å². The van der Waals surface area contributed by atoms with Gasteiger partial charge in [-0.3, -0.25) is 9.59 Å². The fourth-order valence-electron chi connectivity index (χ4n) is 2.20. The Morgan fingerprint density at radius 3 is 2.30 bits per heavy atom. The van der Waals surface area contributed by atoms with Gasteiger partial charge in [0, 0.05) is 38.0 Å². The Kier molecular flexibility index (Phi) is 4.42. The average Bonchev–Trinajstić information content (AvgIpc) is 2.90. The molecule has 110 valence electrons. The molecule has 0 atom stereocenters. The quantitative estimate of drug-likeness (QED) is 0.837. The first-order valence-electron chi connectivity index (χ1n) is 6.82. The first-order chi connectivity index (χ1) is 9.37. The Hall–Kier alpha value is -1.43. The molecule has 1 aliphatic rings. The fraction of sp³-hybridized carbons (Fsp3) is 0.643. The van der Waals surface area contributed by atoms with Crippen molar-refractivity contribution < 1.29 is 9.59 Å². The van der Waals surface area contributed by atoms with Crippen LogP contribution >= 0.6 is 11.3 Å². The molecule has 0 aromatic carbocycles. The van der Waals surface area contributed by atoms with Gasteiger partial charge >= 0.3 is 0 Å². The molecule has 1 fully saturated rings. The highest BCUT2D eigenvalue weighted by Gasteiger charge is 2.27. The van der Waals surface area contributed by atoms with Crippen molar-refractivity contribution in [1.82, 2.24) is 14.8 Å². The molecule has 2 amide bonds. The number of aromatic nitrogens is 1. The highest BCUT2D eigenvalue weighted by atomic mass is 32.1. The smallest absolute Gasteiger partial charge is 0.273 e. The highest BCUT2D eigenvalue weighted by Crippen LogP contribution is 2.20. The van der Waals surface area contributed by atoms with E-state index in [9.17, 15) is 9.59 Å². The summed E-state index contributed by atoms with van der Waals surface area (Å²) in [5.74, 6) is 0.146. The third-order valence-electron chi connectivity index (χ3n) is 3.25. The number of piperazine rings is 1. The molecular formula is C14H21N3O2S. The molecule has 0 unspecified atom stereocenters. The third-order valence-corrected chi connectivity index (χ3v) is 3.84. The molecule has 0 radical (unpaired) electrons. The van der Waals surface area contributed by atoms with Gasteiger partial charge < -0.3 is 9.80 Å². The van der Waals surface area contributed by atoms with Crippen LogP contribution in [0, 0.1) is 5.41 Å². The maximum Gasteiger partial charge on any atom is 0.273 e. The van der Waals surface area contributed by atoms with Gasteiger partial charge in [-0.2, -0.15) is 0 Å². The van der Waals surface area contributed by atoms with Crippen LogP contribution in [0.2, 0.25) is 0 Å². The van der Waals surface area contributed by atoms with Crippen molar-refractivity contribution in [3.05, 3.63) is 16.6 Å². The Morgan fingerprint density at radius 1 is 1.20 bits per heavy atom. The van der Waals surface area contributed by atoms with E-state index < -0.39 is 0 Å². The number of rotatable bonds is 2. The Morgan fingerprint density at radius 2 is 1.80 bits per heavy atom. The molecule has 1 aliphatic heterocycles. The van der Waals surface area contributed by atoms with Gasteiger partial charge in [0.1, 0.15) is 5.69 Å². The maximum absolute atomic E-state index is 12.1. The molecule has 2 heterocycles. The van der Waals surface area contributed by atoms with Gasteiger partial charge in [0.05, 0.1) is 5.51 Å². The minimum absolute atomic E-state index is 0.00460. The van der Waals surface area contributed by atoms with E-state index in [4.69, 9.17) is 0 Å². The van der Waals surface area contributed by atoms with Crippen LogP contribution in [0.4, 0.5) is 0 Å². The lowest BCUT2D eigenvalue weighted by atomic mass is 9.91. The average molecular weight is 295 g/mol. The zero-order chi connectivity index (χ0) is 14.8. The van der Waals surface area contributed by atoms with E-state index in [0.29, 0.717) is 38.3 Å². The van der Waals surface area contributed by atoms with E-state index >= 15 is 0 Å². The zero-order valence-corrected chi connectivity index (χ0v) is 13.1. The molecule has 1 aromatic heterocycles. The normalized spacial score (nSPS) is 16.4. The van der Waals surface area contributed by atoms with Gasteiger partial charge in [0.2, 0.25) is 5.91 Å². The first kappa shape index (κ1) is 15.0. The third kappa shape index (κ3) is 3.79. The largest absolute Gasteiger partial charge is 0.339 e. The maximum atomic E-state index is 12.1. The summed E-state index contributed by atoms with van der Waals surface area (Å²) < 4.78 is 0. The monoisotopic (exact) mass is 295 g/mol. The molecular weight excluding hydrogens is 274 g/mol. The minimum atomic E-state index is -0.0332. The van der Waals surface area contributed by atoms with Crippen molar-refractivity contribution in [2.45, 2.75) is 27.2 Å². The molecule has 5 nitrogen and oxygen atoms in total. The Bertz CT molecular complexity index is 471. The van der Waals surface area contributed by atoms with E-state index in [2.05, 4.69) is 25.8 Å². The predicted octanol–water partition coefficient (Wildman–Crippen LogP) is 1.86. The number of hydrogen-bond acceptors (Lipinski definition) is 4. The van der Waals surface area contributed by atoms with Crippen molar-refractivity contribution in [2.75, 3.05) is 26.2 Å². The summed E-state index contributed by atoms with van der Waals surface area (Å²) in [6.07, 6.45) is 0.549. The molecule has 0 aliphatic carbocycles. The summed E-state index contributed by atoms with van der Waals surface area (Å²) >= 11 is 1.42. The zero-order valence-electron chi connectivity index (χ0n) is 12.3. The molecule has 1 aromatic rings. The van der Waals surface area contributed by atoms with Crippen LogP contribution in [-0.2, 0) is 4.79 Å². The molecule has 0 spiro atoms. The molecule has 2 rings (SSSR count). The second-order valence-electron chi connectivity index (χ2n) is 6.28. The number of nitrogens with zero attached hydrogens (tertiary/aromatic N) is 3. The number of carbonyl (C=O) groups excluding carboxylic acids is 2. The summed E-state index contributed by atoms with van der Waals surface area (Å²) in [6, 6.07) is 0. The van der Waals surface area contributed by atoms with E-state index in [1.54, 1.807) is 15.8 Å². The molecule has 20 heavy (non-hydrogen) atoms. The van der Waals surface area contributed by atoms with Crippen LogP contribution in [0.5, 0.6) is 0 Å². The lowest BCUT2D eigenvalue weighted by Gasteiger charge is -2.35. The van der Waals surface area contributed by atoms with E-state index in [1.807, 2.05) is 4.90 Å². The molecule has 6 heteroatoms. The second-order valence-corrected chi connectivity index (χ2v) is 7.00. The standard InChI is InChI=1S/C14H21N3O2S/c1-14(2,3)8-12(18)16-4-6-17(7-5-16)13(19)11-9-20-10-15-11/h9-10H,4-8H2,1-3H3. The Labute approximate surface area is 123 Å². The van der Waals surface area contributed by atoms with Crippen molar-refractivity contribution in [3.63, 3.8) is 0 Å². The lowest BCUT2D eigenvalue weighted by molar-refractivity contribution is -0.134. The van der Waals surface area contributed by atoms with Gasteiger partial charge in [-0.05, 0) is 5.41 Å². The van der Waals surface area contributed by atoms with Gasteiger partial charge in [0.15, 0.2) is 0 Å². The Balaban J connectivity index is 1.86. The number of amides is 2. The molecule has 0 saturated carbocycles. The van der Waals surface area contributed by atoms with Gasteiger partial charge in [-0.1, -0.05) is 20.8 Å². The summed E-state index contributed by atoms with van der Waals surface area (Å²) in [5.41, 5.74) is 2.17. The summed E-state index contributed by atoms with van der Waals surface area (Å²) in [7, 11) is 0. The first-order valence-corrected chi connectivity index (χ1v) is 7.76. The van der Waals surface area contributed by atoms with Gasteiger partial charge in [-0.25, -0.2) is 4.98 Å². The van der Waals surface area contributed by atoms with Crippen LogP contribution in [0.15, 0.2) is 10.9 Å². The number of hydrogen-bond donors (Lipinski definition) is 0. The van der Waals surface area contributed by atoms with E-state index in [0.717, 1.165) is 0 Å². The number of thiazole rings is 1. The predicted molar refractivity (Wildman–Crippen MR) is 78.7 cm³/mol. The van der Waals surface area contributed by atoms with Crippen LogP contribution in [0.1, 0.15) is 37.7 Å².